The normalized spacial score (nSPS) is 11.0. The van der Waals surface area contributed by atoms with Gasteiger partial charge < -0.3 is 4.74 Å². The molecule has 0 amide bonds. The van der Waals surface area contributed by atoms with E-state index in [0.717, 1.165) is 11.1 Å². The summed E-state index contributed by atoms with van der Waals surface area (Å²) < 4.78 is 5.78. The summed E-state index contributed by atoms with van der Waals surface area (Å²) >= 11 is 24.1. The maximum atomic E-state index is 6.24. The number of rotatable bonds is 3. The summed E-state index contributed by atoms with van der Waals surface area (Å²) in [5.74, 6) is 1.12. The van der Waals surface area contributed by atoms with Crippen LogP contribution in [0.2, 0.25) is 20.2 Å². The van der Waals surface area contributed by atoms with Crippen LogP contribution < -0.4 is 4.74 Å². The average molecular weight is 365 g/mol. The molecule has 21 heavy (non-hydrogen) atoms. The third-order valence-corrected chi connectivity index (χ3v) is 4.25. The van der Waals surface area contributed by atoms with Crippen LogP contribution in [0.25, 0.3) is 0 Å². The van der Waals surface area contributed by atoms with Crippen molar-refractivity contribution in [2.75, 3.05) is 0 Å². The van der Waals surface area contributed by atoms with Gasteiger partial charge in [-0.2, -0.15) is 4.98 Å². The van der Waals surface area contributed by atoms with Gasteiger partial charge in [0.25, 0.3) is 0 Å². The second-order valence-electron chi connectivity index (χ2n) is 4.94. The minimum Gasteiger partial charge on any atom is -0.437 e. The van der Waals surface area contributed by atoms with Crippen LogP contribution >= 0.6 is 46.4 Å². The Morgan fingerprint density at radius 3 is 2.24 bits per heavy atom. The van der Waals surface area contributed by atoms with E-state index in [2.05, 4.69) is 18.8 Å². The molecule has 0 aliphatic rings. The van der Waals surface area contributed by atoms with Crippen molar-refractivity contribution < 1.29 is 4.74 Å². The molecular formula is C15H13Cl4NO. The summed E-state index contributed by atoms with van der Waals surface area (Å²) in [5.41, 5.74) is 1.88. The molecule has 0 spiro atoms. The first-order valence-corrected chi connectivity index (χ1v) is 7.80. The summed E-state index contributed by atoms with van der Waals surface area (Å²) in [7, 11) is 0. The maximum Gasteiger partial charge on any atom is 0.239 e. The SMILES string of the molecule is Cc1cc(Cl)c(C(C)C)cc1Oc1nc(Cl)c(Cl)cc1Cl. The number of ether oxygens (including phenoxy) is 1. The number of halogens is 4. The van der Waals surface area contributed by atoms with E-state index < -0.39 is 0 Å². The van der Waals surface area contributed by atoms with Crippen molar-refractivity contribution in [1.29, 1.82) is 0 Å². The Balaban J connectivity index is 2.44. The van der Waals surface area contributed by atoms with Crippen molar-refractivity contribution >= 4 is 46.4 Å². The predicted octanol–water partition coefficient (Wildman–Crippen LogP) is 6.92. The molecule has 1 aromatic heterocycles. The van der Waals surface area contributed by atoms with Gasteiger partial charge in [-0.25, -0.2) is 0 Å². The lowest BCUT2D eigenvalue weighted by Crippen LogP contribution is -1.96. The summed E-state index contributed by atoms with van der Waals surface area (Å²) in [5, 5.41) is 1.43. The number of benzene rings is 1. The van der Waals surface area contributed by atoms with E-state index in [1.807, 2.05) is 19.1 Å². The first-order chi connectivity index (χ1) is 9.79. The van der Waals surface area contributed by atoms with Gasteiger partial charge in [-0.3, -0.25) is 0 Å². The van der Waals surface area contributed by atoms with Gasteiger partial charge in [0, 0.05) is 5.02 Å². The summed E-state index contributed by atoms with van der Waals surface area (Å²) in [6.45, 7) is 6.02. The second-order valence-corrected chi connectivity index (χ2v) is 6.52. The van der Waals surface area contributed by atoms with Crippen LogP contribution in [0.15, 0.2) is 18.2 Å². The van der Waals surface area contributed by atoms with Gasteiger partial charge in [-0.1, -0.05) is 60.3 Å². The third kappa shape index (κ3) is 3.75. The average Bonchev–Trinajstić information content (AvgIpc) is 2.38. The molecule has 2 nitrogen and oxygen atoms in total. The van der Waals surface area contributed by atoms with E-state index in [-0.39, 0.29) is 22.0 Å². The lowest BCUT2D eigenvalue weighted by molar-refractivity contribution is 0.459. The molecule has 1 heterocycles. The van der Waals surface area contributed by atoms with E-state index in [1.54, 1.807) is 0 Å². The Bertz CT molecular complexity index is 686. The first kappa shape index (κ1) is 16.7. The van der Waals surface area contributed by atoms with Gasteiger partial charge in [0.05, 0.1) is 5.02 Å². The molecular weight excluding hydrogens is 352 g/mol. The molecule has 0 unspecified atom stereocenters. The fourth-order valence-electron chi connectivity index (χ4n) is 1.83. The lowest BCUT2D eigenvalue weighted by Gasteiger charge is -2.14. The van der Waals surface area contributed by atoms with Crippen molar-refractivity contribution in [3.63, 3.8) is 0 Å². The highest BCUT2D eigenvalue weighted by molar-refractivity contribution is 6.42. The van der Waals surface area contributed by atoms with Crippen LogP contribution in [0.5, 0.6) is 11.6 Å². The smallest absolute Gasteiger partial charge is 0.239 e. The number of nitrogens with zero attached hydrogens (tertiary/aromatic N) is 1. The van der Waals surface area contributed by atoms with Crippen LogP contribution in [0.3, 0.4) is 0 Å². The van der Waals surface area contributed by atoms with E-state index >= 15 is 0 Å². The van der Waals surface area contributed by atoms with Crippen LogP contribution in [-0.4, -0.2) is 4.98 Å². The second kappa shape index (κ2) is 6.62. The first-order valence-electron chi connectivity index (χ1n) is 6.29. The van der Waals surface area contributed by atoms with Crippen LogP contribution in [0, 0.1) is 6.92 Å². The molecule has 1 aromatic carbocycles. The topological polar surface area (TPSA) is 22.1 Å². The number of pyridine rings is 1. The molecule has 6 heteroatoms. The highest BCUT2D eigenvalue weighted by Crippen LogP contribution is 2.37. The van der Waals surface area contributed by atoms with E-state index in [9.17, 15) is 0 Å². The van der Waals surface area contributed by atoms with Gasteiger partial charge in [0.2, 0.25) is 5.88 Å². The monoisotopic (exact) mass is 363 g/mol. The molecule has 112 valence electrons. The minimum atomic E-state index is 0.145. The Kier molecular flexibility index (Phi) is 5.26. The van der Waals surface area contributed by atoms with E-state index in [1.165, 1.54) is 6.07 Å². The Morgan fingerprint density at radius 1 is 0.952 bits per heavy atom. The molecule has 2 aromatic rings. The zero-order valence-corrected chi connectivity index (χ0v) is 14.7. The van der Waals surface area contributed by atoms with Crippen molar-refractivity contribution in [2.45, 2.75) is 26.7 Å². The van der Waals surface area contributed by atoms with Crippen molar-refractivity contribution in [1.82, 2.24) is 4.98 Å². The Labute approximate surface area is 143 Å². The minimum absolute atomic E-state index is 0.145. The van der Waals surface area contributed by atoms with E-state index in [0.29, 0.717) is 15.8 Å². The zero-order chi connectivity index (χ0) is 15.7. The number of aryl methyl sites for hydroxylation is 1. The number of hydrogen-bond acceptors (Lipinski definition) is 2. The lowest BCUT2D eigenvalue weighted by atomic mass is 10.0. The summed E-state index contributed by atoms with van der Waals surface area (Å²) in [4.78, 5) is 4.05. The number of hydrogen-bond donors (Lipinski definition) is 0. The largest absolute Gasteiger partial charge is 0.437 e. The molecule has 0 radical (unpaired) electrons. The van der Waals surface area contributed by atoms with Crippen LogP contribution in [0.4, 0.5) is 0 Å². The quantitative estimate of drug-likeness (QED) is 0.551. The zero-order valence-electron chi connectivity index (χ0n) is 11.7. The molecule has 0 aliphatic heterocycles. The predicted molar refractivity (Wildman–Crippen MR) is 89.6 cm³/mol. The van der Waals surface area contributed by atoms with Crippen molar-refractivity contribution in [2.24, 2.45) is 0 Å². The van der Waals surface area contributed by atoms with Gasteiger partial charge in [-0.05, 0) is 42.2 Å². The Hall–Kier alpha value is -0.670. The number of aromatic nitrogens is 1. The van der Waals surface area contributed by atoms with Crippen LogP contribution in [-0.2, 0) is 0 Å². The molecule has 0 bridgehead atoms. The van der Waals surface area contributed by atoms with Crippen LogP contribution in [0.1, 0.15) is 30.9 Å². The maximum absolute atomic E-state index is 6.24. The standard InChI is InChI=1S/C15H13Cl4NO/c1-7(2)9-5-13(8(3)4-10(9)16)21-15-12(18)6-11(17)14(19)20-15/h4-7H,1-3H3. The fraction of sp³-hybridized carbons (Fsp3) is 0.267. The molecule has 0 fully saturated rings. The molecule has 0 saturated heterocycles. The van der Waals surface area contributed by atoms with Gasteiger partial charge in [0.1, 0.15) is 10.8 Å². The molecule has 0 atom stereocenters. The van der Waals surface area contributed by atoms with Gasteiger partial charge in [0.15, 0.2) is 5.15 Å². The molecule has 0 N–H and O–H groups in total. The Morgan fingerprint density at radius 2 is 1.62 bits per heavy atom. The third-order valence-electron chi connectivity index (χ3n) is 2.98. The molecule has 0 saturated carbocycles. The van der Waals surface area contributed by atoms with Crippen molar-refractivity contribution in [3.8, 4) is 11.6 Å². The molecule has 2 rings (SSSR count). The van der Waals surface area contributed by atoms with Gasteiger partial charge >= 0.3 is 0 Å². The fourth-order valence-corrected chi connectivity index (χ4v) is 2.79. The highest BCUT2D eigenvalue weighted by atomic mass is 35.5. The highest BCUT2D eigenvalue weighted by Gasteiger charge is 2.14. The molecule has 0 aliphatic carbocycles. The van der Waals surface area contributed by atoms with Gasteiger partial charge in [-0.15, -0.1) is 0 Å². The summed E-state index contributed by atoms with van der Waals surface area (Å²) in [6, 6.07) is 5.25. The summed E-state index contributed by atoms with van der Waals surface area (Å²) in [6.07, 6.45) is 0. The van der Waals surface area contributed by atoms with Crippen molar-refractivity contribution in [3.05, 3.63) is 49.5 Å². The van der Waals surface area contributed by atoms with E-state index in [4.69, 9.17) is 51.1 Å².